The fraction of sp³-hybridized carbons (Fsp3) is 0.562. The van der Waals surface area contributed by atoms with Crippen molar-refractivity contribution in [1.29, 1.82) is 0 Å². The molecule has 0 saturated carbocycles. The number of hydrogen-bond donors (Lipinski definition) is 1. The molecule has 20 heavy (non-hydrogen) atoms. The number of methoxy groups -OCH3 is 2. The Morgan fingerprint density at radius 3 is 2.35 bits per heavy atom. The van der Waals surface area contributed by atoms with Gasteiger partial charge in [0.1, 0.15) is 17.1 Å². The van der Waals surface area contributed by atoms with Crippen molar-refractivity contribution in [3.63, 3.8) is 0 Å². The zero-order valence-electron chi connectivity index (χ0n) is 12.3. The van der Waals surface area contributed by atoms with Gasteiger partial charge in [0, 0.05) is 6.42 Å². The molecular weight excluding hydrogens is 254 g/mol. The first-order valence-corrected chi connectivity index (χ1v) is 7.21. The number of Topliss-reactive ketones (excluding diaryl/α,β-unsaturated/α-hetero) is 1. The Hall–Kier alpha value is -1.55. The first kappa shape index (κ1) is 14.9. The highest BCUT2D eigenvalue weighted by molar-refractivity contribution is 6.01. The van der Waals surface area contributed by atoms with Crippen molar-refractivity contribution >= 4 is 5.78 Å². The van der Waals surface area contributed by atoms with Gasteiger partial charge in [-0.05, 0) is 50.4 Å². The maximum atomic E-state index is 12.5. The monoisotopic (exact) mass is 277 g/mol. The smallest absolute Gasteiger partial charge is 0.170 e. The molecule has 1 aromatic carbocycles. The molecule has 1 aliphatic heterocycles. The molecule has 0 aromatic heterocycles. The van der Waals surface area contributed by atoms with Crippen LogP contribution >= 0.6 is 0 Å². The number of hydrogen-bond acceptors (Lipinski definition) is 4. The van der Waals surface area contributed by atoms with E-state index in [1.807, 2.05) is 6.07 Å². The van der Waals surface area contributed by atoms with Gasteiger partial charge in [0.05, 0.1) is 14.2 Å². The Balaban J connectivity index is 2.04. The van der Waals surface area contributed by atoms with Gasteiger partial charge in [-0.3, -0.25) is 4.79 Å². The summed E-state index contributed by atoms with van der Waals surface area (Å²) in [6.07, 6.45) is 3.83. The Morgan fingerprint density at radius 2 is 1.80 bits per heavy atom. The van der Waals surface area contributed by atoms with E-state index < -0.39 is 0 Å². The molecule has 0 unspecified atom stereocenters. The summed E-state index contributed by atoms with van der Waals surface area (Å²) in [5, 5.41) is 3.35. The Kier molecular flexibility index (Phi) is 5.41. The maximum absolute atomic E-state index is 12.5. The normalized spacial score (nSPS) is 15.9. The van der Waals surface area contributed by atoms with Crippen molar-refractivity contribution in [2.45, 2.75) is 25.7 Å². The van der Waals surface area contributed by atoms with Crippen molar-refractivity contribution < 1.29 is 14.3 Å². The number of nitrogens with one attached hydrogen (secondary N) is 1. The van der Waals surface area contributed by atoms with Crippen LogP contribution in [0.4, 0.5) is 0 Å². The number of piperidine rings is 1. The van der Waals surface area contributed by atoms with Gasteiger partial charge in [-0.2, -0.15) is 0 Å². The summed E-state index contributed by atoms with van der Waals surface area (Å²) in [5.41, 5.74) is 0.575. The van der Waals surface area contributed by atoms with Crippen LogP contribution in [0.3, 0.4) is 0 Å². The lowest BCUT2D eigenvalue weighted by Crippen LogP contribution is -2.28. The summed E-state index contributed by atoms with van der Waals surface area (Å²) < 4.78 is 10.6. The molecule has 0 amide bonds. The van der Waals surface area contributed by atoms with Crippen LogP contribution < -0.4 is 14.8 Å². The number of carbonyl (C=O) groups is 1. The predicted octanol–water partition coefficient (Wildman–Crippen LogP) is 2.67. The third kappa shape index (κ3) is 3.51. The van der Waals surface area contributed by atoms with E-state index in [4.69, 9.17) is 9.47 Å². The van der Waals surface area contributed by atoms with Crippen molar-refractivity contribution in [2.24, 2.45) is 5.92 Å². The first-order chi connectivity index (χ1) is 9.76. The molecule has 1 saturated heterocycles. The van der Waals surface area contributed by atoms with Crippen LogP contribution in [0.1, 0.15) is 36.0 Å². The second-order valence-corrected chi connectivity index (χ2v) is 5.19. The minimum Gasteiger partial charge on any atom is -0.496 e. The average molecular weight is 277 g/mol. The van der Waals surface area contributed by atoms with Gasteiger partial charge < -0.3 is 14.8 Å². The van der Waals surface area contributed by atoms with Crippen molar-refractivity contribution in [3.8, 4) is 11.5 Å². The molecule has 0 aliphatic carbocycles. The lowest BCUT2D eigenvalue weighted by atomic mass is 9.91. The Labute approximate surface area is 120 Å². The maximum Gasteiger partial charge on any atom is 0.170 e. The Bertz CT molecular complexity index is 431. The molecule has 2 rings (SSSR count). The molecule has 1 aromatic rings. The summed E-state index contributed by atoms with van der Waals surface area (Å²) in [6, 6.07) is 5.45. The average Bonchev–Trinajstić information content (AvgIpc) is 2.52. The van der Waals surface area contributed by atoms with Crippen LogP contribution in [0.2, 0.25) is 0 Å². The van der Waals surface area contributed by atoms with Crippen LogP contribution in [-0.2, 0) is 0 Å². The molecule has 1 N–H and O–H groups in total. The van der Waals surface area contributed by atoms with Gasteiger partial charge in [0.15, 0.2) is 5.78 Å². The van der Waals surface area contributed by atoms with E-state index >= 15 is 0 Å². The van der Waals surface area contributed by atoms with E-state index in [2.05, 4.69) is 5.32 Å². The standard InChI is InChI=1S/C16H23NO3/c1-19-14-4-3-5-15(20-2)16(14)13(18)7-6-12-8-10-17-11-9-12/h3-5,12,17H,6-11H2,1-2H3. The van der Waals surface area contributed by atoms with E-state index in [0.717, 1.165) is 32.4 Å². The molecule has 0 radical (unpaired) electrons. The fourth-order valence-corrected chi connectivity index (χ4v) is 2.76. The number of ether oxygens (including phenoxy) is 2. The van der Waals surface area contributed by atoms with Gasteiger partial charge in [-0.25, -0.2) is 0 Å². The molecule has 0 spiro atoms. The van der Waals surface area contributed by atoms with E-state index in [1.165, 1.54) is 0 Å². The Morgan fingerprint density at radius 1 is 1.20 bits per heavy atom. The second kappa shape index (κ2) is 7.29. The SMILES string of the molecule is COc1cccc(OC)c1C(=O)CCC1CCNCC1. The minimum atomic E-state index is 0.109. The van der Waals surface area contributed by atoms with E-state index in [-0.39, 0.29) is 5.78 Å². The lowest BCUT2D eigenvalue weighted by molar-refractivity contribution is 0.0964. The number of ketones is 1. The molecule has 0 bridgehead atoms. The van der Waals surface area contributed by atoms with E-state index in [0.29, 0.717) is 29.4 Å². The second-order valence-electron chi connectivity index (χ2n) is 5.19. The molecule has 0 atom stereocenters. The molecular formula is C16H23NO3. The molecule has 4 heteroatoms. The summed E-state index contributed by atoms with van der Waals surface area (Å²) in [5.74, 6) is 1.96. The predicted molar refractivity (Wildman–Crippen MR) is 78.7 cm³/mol. The van der Waals surface area contributed by atoms with Crippen LogP contribution in [-0.4, -0.2) is 33.1 Å². The molecule has 4 nitrogen and oxygen atoms in total. The largest absolute Gasteiger partial charge is 0.496 e. The quantitative estimate of drug-likeness (QED) is 0.812. The van der Waals surface area contributed by atoms with Crippen LogP contribution in [0.15, 0.2) is 18.2 Å². The van der Waals surface area contributed by atoms with Crippen LogP contribution in [0.5, 0.6) is 11.5 Å². The zero-order chi connectivity index (χ0) is 14.4. The minimum absolute atomic E-state index is 0.109. The number of rotatable bonds is 6. The van der Waals surface area contributed by atoms with Crippen LogP contribution in [0, 0.1) is 5.92 Å². The van der Waals surface area contributed by atoms with Gasteiger partial charge >= 0.3 is 0 Å². The van der Waals surface area contributed by atoms with Crippen molar-refractivity contribution in [2.75, 3.05) is 27.3 Å². The highest BCUT2D eigenvalue weighted by atomic mass is 16.5. The van der Waals surface area contributed by atoms with Crippen LogP contribution in [0.25, 0.3) is 0 Å². The zero-order valence-corrected chi connectivity index (χ0v) is 12.3. The van der Waals surface area contributed by atoms with Gasteiger partial charge in [0.2, 0.25) is 0 Å². The highest BCUT2D eigenvalue weighted by Gasteiger charge is 2.20. The first-order valence-electron chi connectivity index (χ1n) is 7.21. The molecule has 110 valence electrons. The third-order valence-electron chi connectivity index (χ3n) is 3.95. The van der Waals surface area contributed by atoms with E-state index in [9.17, 15) is 4.79 Å². The molecule has 1 fully saturated rings. The fourth-order valence-electron chi connectivity index (χ4n) is 2.76. The summed E-state index contributed by atoms with van der Waals surface area (Å²) >= 11 is 0. The van der Waals surface area contributed by atoms with Gasteiger partial charge in [-0.15, -0.1) is 0 Å². The molecule has 1 heterocycles. The molecule has 1 aliphatic rings. The highest BCUT2D eigenvalue weighted by Crippen LogP contribution is 2.30. The summed E-state index contributed by atoms with van der Waals surface area (Å²) in [6.45, 7) is 2.13. The van der Waals surface area contributed by atoms with Crippen molar-refractivity contribution in [3.05, 3.63) is 23.8 Å². The lowest BCUT2D eigenvalue weighted by Gasteiger charge is -2.22. The van der Waals surface area contributed by atoms with Gasteiger partial charge in [-0.1, -0.05) is 6.07 Å². The van der Waals surface area contributed by atoms with E-state index in [1.54, 1.807) is 26.4 Å². The summed E-state index contributed by atoms with van der Waals surface area (Å²) in [4.78, 5) is 12.5. The van der Waals surface area contributed by atoms with Crippen molar-refractivity contribution in [1.82, 2.24) is 5.32 Å². The third-order valence-corrected chi connectivity index (χ3v) is 3.95. The summed E-state index contributed by atoms with van der Waals surface area (Å²) in [7, 11) is 3.16. The number of carbonyl (C=O) groups excluding carboxylic acids is 1. The van der Waals surface area contributed by atoms with Gasteiger partial charge in [0.25, 0.3) is 0 Å². The topological polar surface area (TPSA) is 47.6 Å². The number of benzene rings is 1.